The molecule has 1 heterocycles. The van der Waals surface area contributed by atoms with Crippen LogP contribution in [0.3, 0.4) is 0 Å². The van der Waals surface area contributed by atoms with Gasteiger partial charge in [-0.2, -0.15) is 0 Å². The Bertz CT molecular complexity index is 1880. The average Bonchev–Trinajstić information content (AvgIpc) is 3.45. The highest BCUT2D eigenvalue weighted by molar-refractivity contribution is 7.25. The Balaban J connectivity index is 1.34. The quantitative estimate of drug-likeness (QED) is 0.182. The molecule has 0 fully saturated rings. The van der Waals surface area contributed by atoms with Gasteiger partial charge in [0, 0.05) is 42.6 Å². The third-order valence-corrected chi connectivity index (χ3v) is 10.2. The van der Waals surface area contributed by atoms with Crippen LogP contribution in [0.4, 0.5) is 17.1 Å². The van der Waals surface area contributed by atoms with E-state index in [0.29, 0.717) is 11.8 Å². The van der Waals surface area contributed by atoms with Crippen LogP contribution in [-0.4, -0.2) is 0 Å². The first-order valence-electron chi connectivity index (χ1n) is 15.8. The van der Waals surface area contributed by atoms with Gasteiger partial charge in [-0.25, -0.2) is 0 Å². The van der Waals surface area contributed by atoms with Gasteiger partial charge in [0.15, 0.2) is 0 Å². The van der Waals surface area contributed by atoms with E-state index in [1.54, 1.807) is 0 Å². The molecule has 0 aliphatic heterocycles. The number of thiophene rings is 1. The fourth-order valence-corrected chi connectivity index (χ4v) is 8.21. The van der Waals surface area contributed by atoms with E-state index in [2.05, 4.69) is 150 Å². The molecular formula is C41H41NS. The standard InChI is InChI=1S/C41H41NS/c1-26(2)21-28-11-15-30(16-12-28)42(31-17-13-29(14-18-31)22-27(3)4)32-19-20-34-36-24-38-35(25-40(36)43-39(34)23-32)33-9-7-8-10-37(33)41(38,5)6/h7-20,23-27H,21-22H2,1-6H3. The summed E-state index contributed by atoms with van der Waals surface area (Å²) in [7, 11) is 0. The summed E-state index contributed by atoms with van der Waals surface area (Å²) in [5.74, 6) is 1.29. The van der Waals surface area contributed by atoms with Gasteiger partial charge in [0.05, 0.1) is 0 Å². The minimum atomic E-state index is 0.00851. The molecule has 6 aromatic rings. The zero-order valence-corrected chi connectivity index (χ0v) is 27.1. The van der Waals surface area contributed by atoms with Gasteiger partial charge >= 0.3 is 0 Å². The molecule has 5 aromatic carbocycles. The zero-order chi connectivity index (χ0) is 29.9. The van der Waals surface area contributed by atoms with Crippen molar-refractivity contribution in [2.24, 2.45) is 11.8 Å². The van der Waals surface area contributed by atoms with Crippen molar-refractivity contribution in [2.75, 3.05) is 4.90 Å². The predicted molar refractivity (Wildman–Crippen MR) is 189 cm³/mol. The van der Waals surface area contributed by atoms with E-state index in [-0.39, 0.29) is 5.41 Å². The molecule has 0 atom stereocenters. The van der Waals surface area contributed by atoms with Crippen molar-refractivity contribution in [1.82, 2.24) is 0 Å². The Labute approximate surface area is 260 Å². The second-order valence-electron chi connectivity index (χ2n) is 13.7. The lowest BCUT2D eigenvalue weighted by molar-refractivity contribution is 0.647. The Morgan fingerprint density at radius 3 is 1.72 bits per heavy atom. The van der Waals surface area contributed by atoms with Crippen LogP contribution in [0.5, 0.6) is 0 Å². The number of fused-ring (bicyclic) bond motifs is 6. The third kappa shape index (κ3) is 4.96. The highest BCUT2D eigenvalue weighted by Gasteiger charge is 2.35. The van der Waals surface area contributed by atoms with Gasteiger partial charge in [-0.15, -0.1) is 11.3 Å². The maximum absolute atomic E-state index is 2.47. The van der Waals surface area contributed by atoms with Crippen molar-refractivity contribution in [3.8, 4) is 11.1 Å². The Hall–Kier alpha value is -3.88. The number of hydrogen-bond acceptors (Lipinski definition) is 2. The molecule has 0 saturated heterocycles. The lowest BCUT2D eigenvalue weighted by atomic mass is 9.82. The second-order valence-corrected chi connectivity index (χ2v) is 14.8. The molecular weight excluding hydrogens is 539 g/mol. The van der Waals surface area contributed by atoms with Gasteiger partial charge in [0.25, 0.3) is 0 Å². The van der Waals surface area contributed by atoms with Crippen LogP contribution in [0, 0.1) is 11.8 Å². The van der Waals surface area contributed by atoms with Crippen LogP contribution in [-0.2, 0) is 18.3 Å². The van der Waals surface area contributed by atoms with Crippen molar-refractivity contribution < 1.29 is 0 Å². The summed E-state index contributed by atoms with van der Waals surface area (Å²) >= 11 is 1.92. The largest absolute Gasteiger partial charge is 0.310 e. The molecule has 216 valence electrons. The Morgan fingerprint density at radius 1 is 0.558 bits per heavy atom. The van der Waals surface area contributed by atoms with Gasteiger partial charge < -0.3 is 4.90 Å². The molecule has 2 heteroatoms. The van der Waals surface area contributed by atoms with Crippen molar-refractivity contribution in [3.05, 3.63) is 125 Å². The van der Waals surface area contributed by atoms with Crippen LogP contribution in [0.1, 0.15) is 63.8 Å². The number of anilines is 3. The first-order valence-corrected chi connectivity index (χ1v) is 16.6. The maximum atomic E-state index is 2.47. The molecule has 1 aliphatic carbocycles. The molecule has 1 aromatic heterocycles. The number of nitrogens with zero attached hydrogens (tertiary/aromatic N) is 1. The minimum Gasteiger partial charge on any atom is -0.310 e. The van der Waals surface area contributed by atoms with Crippen LogP contribution < -0.4 is 4.90 Å². The second kappa shape index (κ2) is 10.7. The topological polar surface area (TPSA) is 3.24 Å². The first kappa shape index (κ1) is 27.9. The van der Waals surface area contributed by atoms with E-state index >= 15 is 0 Å². The summed E-state index contributed by atoms with van der Waals surface area (Å²) in [4.78, 5) is 2.42. The van der Waals surface area contributed by atoms with Crippen LogP contribution in [0.2, 0.25) is 0 Å². The Morgan fingerprint density at radius 2 is 1.12 bits per heavy atom. The predicted octanol–water partition coefficient (Wildman–Crippen LogP) is 12.2. The van der Waals surface area contributed by atoms with Crippen molar-refractivity contribution in [3.63, 3.8) is 0 Å². The smallest absolute Gasteiger partial charge is 0.0476 e. The van der Waals surface area contributed by atoms with E-state index in [4.69, 9.17) is 0 Å². The van der Waals surface area contributed by atoms with Crippen molar-refractivity contribution in [1.29, 1.82) is 0 Å². The number of hydrogen-bond donors (Lipinski definition) is 0. The van der Waals surface area contributed by atoms with Crippen LogP contribution >= 0.6 is 11.3 Å². The summed E-state index contributed by atoms with van der Waals surface area (Å²) in [5.41, 5.74) is 12.0. The highest BCUT2D eigenvalue weighted by Crippen LogP contribution is 2.51. The summed E-state index contributed by atoms with van der Waals surface area (Å²) in [6, 6.07) is 39.3. The van der Waals surface area contributed by atoms with E-state index < -0.39 is 0 Å². The molecule has 0 radical (unpaired) electrons. The molecule has 0 unspecified atom stereocenters. The van der Waals surface area contributed by atoms with Gasteiger partial charge in [-0.3, -0.25) is 0 Å². The van der Waals surface area contributed by atoms with Crippen LogP contribution in [0.25, 0.3) is 31.3 Å². The normalized spacial score (nSPS) is 13.7. The van der Waals surface area contributed by atoms with E-state index in [1.807, 2.05) is 11.3 Å². The summed E-state index contributed by atoms with van der Waals surface area (Å²) in [6.07, 6.45) is 2.20. The van der Waals surface area contributed by atoms with E-state index in [1.165, 1.54) is 70.6 Å². The molecule has 0 spiro atoms. The van der Waals surface area contributed by atoms with Crippen LogP contribution in [0.15, 0.2) is 103 Å². The Kier molecular flexibility index (Phi) is 6.94. The molecule has 1 aliphatic rings. The molecule has 1 nitrogen and oxygen atoms in total. The number of benzene rings is 5. The molecule has 0 bridgehead atoms. The minimum absolute atomic E-state index is 0.00851. The van der Waals surface area contributed by atoms with Crippen molar-refractivity contribution in [2.45, 2.75) is 59.8 Å². The SMILES string of the molecule is CC(C)Cc1ccc(N(c2ccc(CC(C)C)cc2)c2ccc3c(c2)sc2cc4c(cc23)C(C)(C)c2ccccc2-4)cc1. The molecule has 0 N–H and O–H groups in total. The molecule has 43 heavy (non-hydrogen) atoms. The average molecular weight is 580 g/mol. The van der Waals surface area contributed by atoms with Gasteiger partial charge in [-0.05, 0) is 107 Å². The molecule has 7 rings (SSSR count). The first-order chi connectivity index (χ1) is 20.7. The lowest BCUT2D eigenvalue weighted by Gasteiger charge is -2.26. The lowest BCUT2D eigenvalue weighted by Crippen LogP contribution is -2.14. The van der Waals surface area contributed by atoms with E-state index in [0.717, 1.165) is 12.8 Å². The summed E-state index contributed by atoms with van der Waals surface area (Å²) in [5, 5.41) is 2.71. The molecule has 0 saturated carbocycles. The summed E-state index contributed by atoms with van der Waals surface area (Å²) in [6.45, 7) is 13.9. The number of rotatable bonds is 7. The third-order valence-electron chi connectivity index (χ3n) is 9.09. The van der Waals surface area contributed by atoms with E-state index in [9.17, 15) is 0 Å². The van der Waals surface area contributed by atoms with Gasteiger partial charge in [-0.1, -0.05) is 96.1 Å². The van der Waals surface area contributed by atoms with Gasteiger partial charge in [0.2, 0.25) is 0 Å². The fraction of sp³-hybridized carbons (Fsp3) is 0.268. The van der Waals surface area contributed by atoms with Crippen molar-refractivity contribution >= 4 is 48.6 Å². The fourth-order valence-electron chi connectivity index (χ4n) is 7.05. The highest BCUT2D eigenvalue weighted by atomic mass is 32.1. The molecule has 0 amide bonds. The maximum Gasteiger partial charge on any atom is 0.0476 e. The zero-order valence-electron chi connectivity index (χ0n) is 26.2. The monoisotopic (exact) mass is 579 g/mol. The summed E-state index contributed by atoms with van der Waals surface area (Å²) < 4.78 is 2.70. The van der Waals surface area contributed by atoms with Gasteiger partial charge in [0.1, 0.15) is 0 Å².